The van der Waals surface area contributed by atoms with Crippen LogP contribution in [0.2, 0.25) is 0 Å². The highest BCUT2D eigenvalue weighted by Crippen LogP contribution is 2.25. The van der Waals surface area contributed by atoms with Crippen molar-refractivity contribution in [3.8, 4) is 0 Å². The fourth-order valence-electron chi connectivity index (χ4n) is 3.28. The number of nitrogens with one attached hydrogen (secondary N) is 1. The van der Waals surface area contributed by atoms with Gasteiger partial charge in [-0.15, -0.1) is 0 Å². The zero-order valence-corrected chi connectivity index (χ0v) is 16.8. The number of methoxy groups -OCH3 is 1. The van der Waals surface area contributed by atoms with Crippen molar-refractivity contribution in [1.82, 2.24) is 5.32 Å². The van der Waals surface area contributed by atoms with Gasteiger partial charge in [0.15, 0.2) is 9.84 Å². The third kappa shape index (κ3) is 4.87. The van der Waals surface area contributed by atoms with Gasteiger partial charge < -0.3 is 10.1 Å². The summed E-state index contributed by atoms with van der Waals surface area (Å²) in [6, 6.07) is 22.8. The van der Waals surface area contributed by atoms with Gasteiger partial charge >= 0.3 is 0 Å². The van der Waals surface area contributed by atoms with Crippen molar-refractivity contribution < 1.29 is 13.2 Å². The average molecular weight is 396 g/mol. The third-order valence-corrected chi connectivity index (χ3v) is 6.41. The number of sulfone groups is 1. The fraction of sp³-hybridized carbons (Fsp3) is 0.217. The van der Waals surface area contributed by atoms with E-state index in [2.05, 4.69) is 36.2 Å². The van der Waals surface area contributed by atoms with E-state index in [0.717, 1.165) is 16.3 Å². The molecule has 4 nitrogen and oxygen atoms in total. The van der Waals surface area contributed by atoms with Crippen LogP contribution in [0.25, 0.3) is 10.8 Å². The normalized spacial score (nSPS) is 12.8. The summed E-state index contributed by atoms with van der Waals surface area (Å²) in [7, 11) is -1.73. The highest BCUT2D eigenvalue weighted by Gasteiger charge is 2.18. The van der Waals surface area contributed by atoms with Crippen molar-refractivity contribution >= 4 is 20.6 Å². The Bertz CT molecular complexity index is 1040. The Morgan fingerprint density at radius 3 is 2.43 bits per heavy atom. The topological polar surface area (TPSA) is 55.4 Å². The highest BCUT2D eigenvalue weighted by molar-refractivity contribution is 7.91. The monoisotopic (exact) mass is 395 g/mol. The fourth-order valence-corrected chi connectivity index (χ4v) is 4.66. The van der Waals surface area contributed by atoms with Crippen LogP contribution >= 0.6 is 0 Å². The first kappa shape index (κ1) is 20.3. The molecule has 0 aromatic heterocycles. The summed E-state index contributed by atoms with van der Waals surface area (Å²) >= 11 is 0. The molecule has 0 unspecified atom stereocenters. The molecule has 1 N–H and O–H groups in total. The summed E-state index contributed by atoms with van der Waals surface area (Å²) in [5.41, 5.74) is 1.74. The molecule has 0 spiro atoms. The average Bonchev–Trinajstić information content (AvgIpc) is 2.71. The van der Waals surface area contributed by atoms with Crippen LogP contribution in [0.1, 0.15) is 11.6 Å². The number of benzene rings is 3. The number of fused-ring (bicyclic) bond motifs is 1. The molecule has 1 atom stereocenters. The molecule has 146 valence electrons. The van der Waals surface area contributed by atoms with Crippen LogP contribution < -0.4 is 5.32 Å². The number of rotatable bonds is 9. The predicted molar refractivity (Wildman–Crippen MR) is 114 cm³/mol. The quantitative estimate of drug-likeness (QED) is 0.553. The van der Waals surface area contributed by atoms with E-state index >= 15 is 0 Å². The Hall–Kier alpha value is -2.47. The smallest absolute Gasteiger partial charge is 0.182 e. The van der Waals surface area contributed by atoms with Crippen LogP contribution in [0.15, 0.2) is 89.8 Å². The van der Waals surface area contributed by atoms with Gasteiger partial charge in [-0.3, -0.25) is 0 Å². The molecule has 0 fully saturated rings. The minimum absolute atomic E-state index is 0.0627. The molecule has 0 aliphatic rings. The van der Waals surface area contributed by atoms with Gasteiger partial charge in [0.25, 0.3) is 0 Å². The predicted octanol–water partition coefficient (Wildman–Crippen LogP) is 4.15. The second-order valence-electron chi connectivity index (χ2n) is 6.78. The number of hydrogen-bond donors (Lipinski definition) is 1. The van der Waals surface area contributed by atoms with Crippen LogP contribution in [0, 0.1) is 0 Å². The number of hydrogen-bond acceptors (Lipinski definition) is 4. The Balaban J connectivity index is 1.72. The van der Waals surface area contributed by atoms with Crippen molar-refractivity contribution in [1.29, 1.82) is 0 Å². The van der Waals surface area contributed by atoms with Gasteiger partial charge in [0.05, 0.1) is 23.3 Å². The summed E-state index contributed by atoms with van der Waals surface area (Å²) in [6.45, 7) is 4.84. The molecule has 0 heterocycles. The number of ether oxygens (including phenoxy) is 1. The minimum Gasteiger partial charge on any atom is -0.383 e. The Morgan fingerprint density at radius 2 is 1.68 bits per heavy atom. The van der Waals surface area contributed by atoms with E-state index < -0.39 is 9.84 Å². The third-order valence-electron chi connectivity index (χ3n) is 4.63. The SMILES string of the molecule is C=C(CN[C@H](COC)c1cccc2ccccc12)CS(=O)(=O)c1ccccc1. The molecule has 0 aliphatic heterocycles. The van der Waals surface area contributed by atoms with Crippen molar-refractivity contribution in [3.05, 3.63) is 90.5 Å². The molecular weight excluding hydrogens is 370 g/mol. The van der Waals surface area contributed by atoms with Crippen LogP contribution in [-0.2, 0) is 14.6 Å². The van der Waals surface area contributed by atoms with Gasteiger partial charge in [-0.1, -0.05) is 67.2 Å². The first-order valence-electron chi connectivity index (χ1n) is 9.15. The Kier molecular flexibility index (Phi) is 6.62. The first-order valence-corrected chi connectivity index (χ1v) is 10.8. The molecule has 0 saturated carbocycles. The second kappa shape index (κ2) is 9.15. The van der Waals surface area contributed by atoms with E-state index in [0.29, 0.717) is 23.6 Å². The van der Waals surface area contributed by atoms with Crippen LogP contribution in [0.4, 0.5) is 0 Å². The maximum absolute atomic E-state index is 12.5. The summed E-state index contributed by atoms with van der Waals surface area (Å²) in [4.78, 5) is 0.318. The van der Waals surface area contributed by atoms with Crippen molar-refractivity contribution in [2.45, 2.75) is 10.9 Å². The van der Waals surface area contributed by atoms with Gasteiger partial charge in [-0.2, -0.15) is 0 Å². The summed E-state index contributed by atoms with van der Waals surface area (Å²) in [5.74, 6) is -0.0841. The van der Waals surface area contributed by atoms with Gasteiger partial charge in [-0.05, 0) is 34.0 Å². The Morgan fingerprint density at radius 1 is 1.00 bits per heavy atom. The highest BCUT2D eigenvalue weighted by atomic mass is 32.2. The molecule has 3 aromatic rings. The lowest BCUT2D eigenvalue weighted by Gasteiger charge is -2.21. The maximum Gasteiger partial charge on any atom is 0.182 e. The molecule has 0 amide bonds. The largest absolute Gasteiger partial charge is 0.383 e. The molecule has 0 saturated heterocycles. The van der Waals surface area contributed by atoms with E-state index in [4.69, 9.17) is 4.74 Å². The second-order valence-corrected chi connectivity index (χ2v) is 8.77. The lowest BCUT2D eigenvalue weighted by Crippen LogP contribution is -2.28. The van der Waals surface area contributed by atoms with E-state index in [-0.39, 0.29) is 11.8 Å². The molecule has 3 aromatic carbocycles. The van der Waals surface area contributed by atoms with Gasteiger partial charge in [-0.25, -0.2) is 8.42 Å². The first-order chi connectivity index (χ1) is 13.5. The molecular formula is C23H25NO3S. The molecule has 5 heteroatoms. The van der Waals surface area contributed by atoms with Crippen molar-refractivity contribution in [2.24, 2.45) is 0 Å². The lowest BCUT2D eigenvalue weighted by atomic mass is 9.99. The van der Waals surface area contributed by atoms with Gasteiger partial charge in [0.2, 0.25) is 0 Å². The van der Waals surface area contributed by atoms with Crippen LogP contribution in [0.5, 0.6) is 0 Å². The van der Waals surface area contributed by atoms with E-state index in [9.17, 15) is 8.42 Å². The summed E-state index contributed by atoms with van der Waals surface area (Å²) in [6.07, 6.45) is 0. The van der Waals surface area contributed by atoms with Crippen LogP contribution in [0.3, 0.4) is 0 Å². The lowest BCUT2D eigenvalue weighted by molar-refractivity contribution is 0.169. The summed E-state index contributed by atoms with van der Waals surface area (Å²) in [5, 5.41) is 5.73. The van der Waals surface area contributed by atoms with E-state index in [1.807, 2.05) is 18.2 Å². The van der Waals surface area contributed by atoms with Gasteiger partial charge in [0, 0.05) is 13.7 Å². The van der Waals surface area contributed by atoms with Crippen LogP contribution in [-0.4, -0.2) is 34.4 Å². The zero-order chi connectivity index (χ0) is 20.0. The molecule has 28 heavy (non-hydrogen) atoms. The molecule has 3 rings (SSSR count). The Labute approximate surface area is 166 Å². The van der Waals surface area contributed by atoms with E-state index in [1.54, 1.807) is 37.4 Å². The molecule has 0 aliphatic carbocycles. The minimum atomic E-state index is -3.39. The van der Waals surface area contributed by atoms with Crippen molar-refractivity contribution in [3.63, 3.8) is 0 Å². The molecule has 0 radical (unpaired) electrons. The standard InChI is InChI=1S/C23H25NO3S/c1-18(17-28(25,26)20-11-4-3-5-12-20)15-24-23(16-27-2)22-14-8-10-19-9-6-7-13-21(19)22/h3-14,23-24H,1,15-17H2,2H3/t23-/m1/s1. The van der Waals surface area contributed by atoms with E-state index in [1.165, 1.54) is 0 Å². The maximum atomic E-state index is 12.5. The summed E-state index contributed by atoms with van der Waals surface area (Å²) < 4.78 is 30.5. The van der Waals surface area contributed by atoms with Gasteiger partial charge in [0.1, 0.15) is 0 Å². The molecule has 0 bridgehead atoms. The van der Waals surface area contributed by atoms with Crippen molar-refractivity contribution in [2.75, 3.05) is 26.0 Å². The zero-order valence-electron chi connectivity index (χ0n) is 16.0.